The molecule has 0 atom stereocenters. The highest BCUT2D eigenvalue weighted by atomic mass is 16.6. The summed E-state index contributed by atoms with van der Waals surface area (Å²) in [7, 11) is 1.52. The van der Waals surface area contributed by atoms with Crippen molar-refractivity contribution in [3.8, 4) is 23.4 Å². The van der Waals surface area contributed by atoms with Crippen LogP contribution in [0.4, 0.5) is 5.69 Å². The summed E-state index contributed by atoms with van der Waals surface area (Å²) in [5.74, 6) is 0.463. The van der Waals surface area contributed by atoms with Crippen molar-refractivity contribution in [2.75, 3.05) is 20.3 Å². The highest BCUT2D eigenvalue weighted by Gasteiger charge is 2.14. The van der Waals surface area contributed by atoms with Gasteiger partial charge in [0.15, 0.2) is 18.1 Å². The molecule has 0 fully saturated rings. The zero-order chi connectivity index (χ0) is 28.2. The molecule has 1 aromatic heterocycles. The van der Waals surface area contributed by atoms with Gasteiger partial charge in [0.05, 0.1) is 24.4 Å². The van der Waals surface area contributed by atoms with E-state index in [1.54, 1.807) is 43.3 Å². The molecule has 202 valence electrons. The van der Waals surface area contributed by atoms with Crippen LogP contribution in [0.1, 0.15) is 34.9 Å². The number of carbonyl (C=O) groups excluding carboxylic acids is 1. The number of rotatable bonds is 13. The maximum absolute atomic E-state index is 12.2. The number of aryl methyl sites for hydroxylation is 1. The average molecular weight is 534 g/mol. The van der Waals surface area contributed by atoms with Gasteiger partial charge in [-0.15, -0.1) is 0 Å². The van der Waals surface area contributed by atoms with E-state index in [-0.39, 0.29) is 30.3 Å². The van der Waals surface area contributed by atoms with Crippen molar-refractivity contribution < 1.29 is 28.7 Å². The Hall–Kier alpha value is -5.02. The zero-order valence-corrected chi connectivity index (χ0v) is 21.7. The van der Waals surface area contributed by atoms with Crippen LogP contribution >= 0.6 is 0 Å². The second kappa shape index (κ2) is 14.1. The summed E-state index contributed by atoms with van der Waals surface area (Å²) in [6, 6.07) is 15.0. The first-order valence-corrected chi connectivity index (χ1v) is 11.8. The maximum atomic E-state index is 12.2. The first kappa shape index (κ1) is 28.5. The van der Waals surface area contributed by atoms with Crippen LogP contribution < -0.4 is 19.6 Å². The Morgan fingerprint density at radius 2 is 1.90 bits per heavy atom. The van der Waals surface area contributed by atoms with E-state index in [4.69, 9.17) is 18.9 Å². The molecule has 0 aliphatic heterocycles. The lowest BCUT2D eigenvalue weighted by Crippen LogP contribution is -2.25. The van der Waals surface area contributed by atoms with Crippen LogP contribution in [0.25, 0.3) is 0 Å². The summed E-state index contributed by atoms with van der Waals surface area (Å²) in [5, 5.41) is 24.2. The number of hydrogen-bond acceptors (Lipinski definition) is 10. The number of hydrogen-bond donors (Lipinski definition) is 1. The van der Waals surface area contributed by atoms with E-state index in [0.717, 1.165) is 5.56 Å². The van der Waals surface area contributed by atoms with E-state index in [1.165, 1.54) is 25.5 Å². The molecule has 12 heteroatoms. The number of nitrogens with one attached hydrogen (secondary N) is 1. The first-order valence-electron chi connectivity index (χ1n) is 11.8. The molecular weight excluding hydrogens is 506 g/mol. The van der Waals surface area contributed by atoms with Gasteiger partial charge in [-0.2, -0.15) is 10.4 Å². The molecular formula is C27H27N5O7. The molecule has 12 nitrogen and oxygen atoms in total. The van der Waals surface area contributed by atoms with Gasteiger partial charge in [-0.1, -0.05) is 0 Å². The number of nitriles is 1. The largest absolute Gasteiger partial charge is 0.490 e. The highest BCUT2D eigenvalue weighted by molar-refractivity contribution is 5.83. The summed E-state index contributed by atoms with van der Waals surface area (Å²) in [4.78, 5) is 26.8. The van der Waals surface area contributed by atoms with Crippen LogP contribution in [0.15, 0.2) is 53.6 Å². The standard InChI is InChI=1S/C27H27N5O7/c1-4-37-25-12-20(7-10-24(25)38-15-19-5-8-22(9-6-19)32(34)35)14-29-31-26(33)17-39-27-23(13-28)21(16-36-3)11-18(2)30-27/h5-12,14H,4,15-17H2,1-3H3,(H,31,33)/b29-14-. The van der Waals surface area contributed by atoms with E-state index in [9.17, 15) is 20.2 Å². The van der Waals surface area contributed by atoms with Gasteiger partial charge >= 0.3 is 0 Å². The second-order valence-electron chi connectivity index (χ2n) is 8.08. The predicted octanol–water partition coefficient (Wildman–Crippen LogP) is 3.82. The number of methoxy groups -OCH3 is 1. The van der Waals surface area contributed by atoms with Crippen molar-refractivity contribution in [1.29, 1.82) is 5.26 Å². The van der Waals surface area contributed by atoms with E-state index >= 15 is 0 Å². The van der Waals surface area contributed by atoms with Crippen LogP contribution in [0.3, 0.4) is 0 Å². The lowest BCUT2D eigenvalue weighted by molar-refractivity contribution is -0.384. The quantitative estimate of drug-likeness (QED) is 0.196. The van der Waals surface area contributed by atoms with Crippen LogP contribution in [0.5, 0.6) is 17.4 Å². The number of nitrogens with zero attached hydrogens (tertiary/aromatic N) is 4. The van der Waals surface area contributed by atoms with Crippen molar-refractivity contribution in [3.63, 3.8) is 0 Å². The normalized spacial score (nSPS) is 10.6. The molecule has 0 unspecified atom stereocenters. The molecule has 0 saturated carbocycles. The van der Waals surface area contributed by atoms with Gasteiger partial charge in [-0.3, -0.25) is 14.9 Å². The van der Waals surface area contributed by atoms with Crippen molar-refractivity contribution in [1.82, 2.24) is 10.4 Å². The Morgan fingerprint density at radius 1 is 1.13 bits per heavy atom. The molecule has 39 heavy (non-hydrogen) atoms. The summed E-state index contributed by atoms with van der Waals surface area (Å²) in [6.07, 6.45) is 1.43. The van der Waals surface area contributed by atoms with Crippen LogP contribution in [-0.2, 0) is 22.7 Å². The lowest BCUT2D eigenvalue weighted by atomic mass is 10.1. The molecule has 0 saturated heterocycles. The minimum Gasteiger partial charge on any atom is -0.490 e. The Bertz CT molecular complexity index is 1380. The Labute approximate surface area is 224 Å². The number of carbonyl (C=O) groups is 1. The molecule has 0 aliphatic carbocycles. The summed E-state index contributed by atoms with van der Waals surface area (Å²) >= 11 is 0. The molecule has 1 heterocycles. The van der Waals surface area contributed by atoms with Crippen molar-refractivity contribution in [2.24, 2.45) is 5.10 Å². The fourth-order valence-electron chi connectivity index (χ4n) is 3.42. The predicted molar refractivity (Wildman–Crippen MR) is 141 cm³/mol. The van der Waals surface area contributed by atoms with Gasteiger partial charge in [0.25, 0.3) is 11.6 Å². The van der Waals surface area contributed by atoms with Crippen LogP contribution in [0, 0.1) is 28.4 Å². The number of aromatic nitrogens is 1. The van der Waals surface area contributed by atoms with E-state index in [1.807, 2.05) is 13.0 Å². The number of nitro benzene ring substituents is 1. The van der Waals surface area contributed by atoms with E-state index in [2.05, 4.69) is 15.5 Å². The summed E-state index contributed by atoms with van der Waals surface area (Å²) in [5.41, 5.74) is 5.22. The van der Waals surface area contributed by atoms with Crippen LogP contribution in [0.2, 0.25) is 0 Å². The topological polar surface area (TPSA) is 158 Å². The summed E-state index contributed by atoms with van der Waals surface area (Å²) in [6.45, 7) is 3.99. The third-order valence-electron chi connectivity index (χ3n) is 5.16. The zero-order valence-electron chi connectivity index (χ0n) is 21.7. The van der Waals surface area contributed by atoms with Gasteiger partial charge in [0.2, 0.25) is 5.88 Å². The van der Waals surface area contributed by atoms with Gasteiger partial charge in [-0.25, -0.2) is 10.4 Å². The van der Waals surface area contributed by atoms with Crippen LogP contribution in [-0.4, -0.2) is 42.4 Å². The molecule has 3 aromatic rings. The lowest BCUT2D eigenvalue weighted by Gasteiger charge is -2.12. The minimum atomic E-state index is -0.542. The maximum Gasteiger partial charge on any atom is 0.278 e. The Kier molecular flexibility index (Phi) is 10.3. The molecule has 0 spiro atoms. The number of amides is 1. The first-order chi connectivity index (χ1) is 18.8. The fraction of sp³-hybridized carbons (Fsp3) is 0.259. The number of nitro groups is 1. The second-order valence-corrected chi connectivity index (χ2v) is 8.08. The van der Waals surface area contributed by atoms with Gasteiger partial charge in [0.1, 0.15) is 18.2 Å². The average Bonchev–Trinajstić information content (AvgIpc) is 2.92. The monoisotopic (exact) mass is 533 g/mol. The molecule has 1 N–H and O–H groups in total. The Balaban J connectivity index is 1.59. The van der Waals surface area contributed by atoms with Gasteiger partial charge in [0, 0.05) is 30.5 Å². The van der Waals surface area contributed by atoms with Crippen molar-refractivity contribution in [3.05, 3.63) is 86.6 Å². The highest BCUT2D eigenvalue weighted by Crippen LogP contribution is 2.29. The number of non-ortho nitro benzene ring substituents is 1. The van der Waals surface area contributed by atoms with Gasteiger partial charge < -0.3 is 18.9 Å². The van der Waals surface area contributed by atoms with Crippen molar-refractivity contribution >= 4 is 17.8 Å². The molecule has 1 amide bonds. The Morgan fingerprint density at radius 3 is 2.56 bits per heavy atom. The van der Waals surface area contributed by atoms with Crippen molar-refractivity contribution in [2.45, 2.75) is 27.1 Å². The molecule has 0 radical (unpaired) electrons. The molecule has 3 rings (SSSR count). The third kappa shape index (κ3) is 8.24. The number of ether oxygens (including phenoxy) is 4. The molecule has 0 aliphatic rings. The minimum absolute atomic E-state index is 0.00557. The number of hydrazone groups is 1. The third-order valence-corrected chi connectivity index (χ3v) is 5.16. The fourth-order valence-corrected chi connectivity index (χ4v) is 3.42. The SMILES string of the molecule is CCOc1cc(/C=N\NC(=O)COc2nc(C)cc(COC)c2C#N)ccc1OCc1ccc([N+](=O)[O-])cc1. The number of benzene rings is 2. The smallest absolute Gasteiger partial charge is 0.278 e. The van der Waals surface area contributed by atoms with E-state index in [0.29, 0.717) is 34.9 Å². The summed E-state index contributed by atoms with van der Waals surface area (Å²) < 4.78 is 22.1. The van der Waals surface area contributed by atoms with Gasteiger partial charge in [-0.05, 0) is 61.4 Å². The molecule has 0 bridgehead atoms. The number of pyridine rings is 1. The van der Waals surface area contributed by atoms with E-state index < -0.39 is 17.4 Å². The molecule has 2 aromatic carbocycles.